The molecule has 1 atom stereocenters. The number of carbonyl (C=O) groups is 2. The summed E-state index contributed by atoms with van der Waals surface area (Å²) in [4.78, 5) is 29.2. The van der Waals surface area contributed by atoms with E-state index in [-0.39, 0.29) is 30.7 Å². The molecule has 1 heterocycles. The van der Waals surface area contributed by atoms with Gasteiger partial charge < -0.3 is 15.0 Å². The zero-order chi connectivity index (χ0) is 22.2. The molecular weight excluding hydrogens is 414 g/mol. The maximum Gasteiger partial charge on any atom is 0.227 e. The summed E-state index contributed by atoms with van der Waals surface area (Å²) in [6, 6.07) is 15.2. The number of rotatable bonds is 9. The fourth-order valence-electron chi connectivity index (χ4n) is 3.93. The second-order valence-corrected chi connectivity index (χ2v) is 7.83. The highest BCUT2D eigenvalue weighted by molar-refractivity contribution is 6.31. The summed E-state index contributed by atoms with van der Waals surface area (Å²) in [6.45, 7) is 7.27. The molecule has 7 heteroatoms. The highest BCUT2D eigenvalue weighted by Gasteiger charge is 2.24. The number of halogens is 1. The average molecular weight is 444 g/mol. The Labute approximate surface area is 189 Å². The van der Waals surface area contributed by atoms with Gasteiger partial charge in [-0.1, -0.05) is 55.8 Å². The number of hydrogen-bond acceptors (Lipinski definition) is 4. The predicted molar refractivity (Wildman–Crippen MR) is 124 cm³/mol. The number of nitrogens with zero attached hydrogens (tertiary/aromatic N) is 2. The third kappa shape index (κ3) is 5.77. The van der Waals surface area contributed by atoms with Crippen LogP contribution in [0, 0.1) is 0 Å². The number of nitrogens with one attached hydrogen (secondary N) is 1. The largest absolute Gasteiger partial charge is 0.490 e. The van der Waals surface area contributed by atoms with Crippen LogP contribution in [0.1, 0.15) is 38.3 Å². The van der Waals surface area contributed by atoms with Gasteiger partial charge in [-0.25, -0.2) is 0 Å². The number of fused-ring (bicyclic) bond motifs is 1. The van der Waals surface area contributed by atoms with Gasteiger partial charge in [0.05, 0.1) is 18.3 Å². The molecule has 0 spiro atoms. The van der Waals surface area contributed by atoms with Crippen molar-refractivity contribution < 1.29 is 14.3 Å². The van der Waals surface area contributed by atoms with Crippen molar-refractivity contribution in [3.63, 3.8) is 0 Å². The van der Waals surface area contributed by atoms with E-state index >= 15 is 0 Å². The van der Waals surface area contributed by atoms with E-state index in [4.69, 9.17) is 16.3 Å². The Kier molecular flexibility index (Phi) is 8.32. The number of para-hydroxylation sites is 2. The fraction of sp³-hybridized carbons (Fsp3) is 0.417. The van der Waals surface area contributed by atoms with Gasteiger partial charge in [-0.15, -0.1) is 0 Å². The molecule has 31 heavy (non-hydrogen) atoms. The minimum Gasteiger partial charge on any atom is -0.490 e. The molecular formula is C24H30ClN3O3. The number of benzene rings is 2. The predicted octanol–water partition coefficient (Wildman–Crippen LogP) is 4.04. The molecule has 0 radical (unpaired) electrons. The topological polar surface area (TPSA) is 61.9 Å². The molecule has 166 valence electrons. The van der Waals surface area contributed by atoms with Crippen molar-refractivity contribution in [2.45, 2.75) is 32.7 Å². The monoisotopic (exact) mass is 443 g/mol. The van der Waals surface area contributed by atoms with Crippen LogP contribution in [0.5, 0.6) is 5.75 Å². The van der Waals surface area contributed by atoms with E-state index in [1.54, 1.807) is 4.90 Å². The van der Waals surface area contributed by atoms with E-state index in [1.807, 2.05) is 48.5 Å². The number of anilines is 1. The van der Waals surface area contributed by atoms with Gasteiger partial charge in [-0.05, 0) is 36.9 Å². The third-order valence-electron chi connectivity index (χ3n) is 5.61. The summed E-state index contributed by atoms with van der Waals surface area (Å²) in [5, 5.41) is 3.69. The molecule has 2 amide bonds. The van der Waals surface area contributed by atoms with Gasteiger partial charge in [0.15, 0.2) is 0 Å². The summed E-state index contributed by atoms with van der Waals surface area (Å²) in [5.41, 5.74) is 1.76. The van der Waals surface area contributed by atoms with Crippen LogP contribution in [0.3, 0.4) is 0 Å². The van der Waals surface area contributed by atoms with Crippen molar-refractivity contribution in [3.05, 3.63) is 59.1 Å². The van der Waals surface area contributed by atoms with E-state index in [2.05, 4.69) is 24.1 Å². The maximum atomic E-state index is 12.7. The van der Waals surface area contributed by atoms with Gasteiger partial charge in [0.2, 0.25) is 11.8 Å². The van der Waals surface area contributed by atoms with Crippen LogP contribution in [-0.4, -0.2) is 49.5 Å². The van der Waals surface area contributed by atoms with Crippen molar-refractivity contribution in [3.8, 4) is 5.75 Å². The normalized spacial score (nSPS) is 14.0. The highest BCUT2D eigenvalue weighted by Crippen LogP contribution is 2.31. The van der Waals surface area contributed by atoms with Crippen LogP contribution >= 0.6 is 11.6 Å². The van der Waals surface area contributed by atoms with Crippen molar-refractivity contribution in [2.24, 2.45) is 0 Å². The summed E-state index contributed by atoms with van der Waals surface area (Å²) in [6.07, 6.45) is 0.300. The molecule has 0 aliphatic carbocycles. The molecule has 6 nitrogen and oxygen atoms in total. The van der Waals surface area contributed by atoms with Crippen molar-refractivity contribution in [1.29, 1.82) is 0 Å². The standard InChI is InChI=1S/C24H30ClN3O3/c1-3-27(4-2)21(18-9-5-6-10-19(18)25)17-26-23(29)13-14-24(30)28-15-16-31-22-12-8-7-11-20(22)28/h5-12,21H,3-4,13-17H2,1-2H3,(H,26,29). The summed E-state index contributed by atoms with van der Waals surface area (Å²) < 4.78 is 5.60. The molecule has 1 aliphatic rings. The Morgan fingerprint density at radius 2 is 1.81 bits per heavy atom. The first kappa shape index (κ1) is 23.1. The number of carbonyl (C=O) groups excluding carboxylic acids is 2. The Bertz CT molecular complexity index is 901. The zero-order valence-corrected chi connectivity index (χ0v) is 18.9. The van der Waals surface area contributed by atoms with Crippen molar-refractivity contribution >= 4 is 29.1 Å². The van der Waals surface area contributed by atoms with E-state index in [1.165, 1.54) is 0 Å². The minimum atomic E-state index is -0.140. The maximum absolute atomic E-state index is 12.7. The van der Waals surface area contributed by atoms with Gasteiger partial charge in [-0.2, -0.15) is 0 Å². The summed E-state index contributed by atoms with van der Waals surface area (Å²) in [7, 11) is 0. The summed E-state index contributed by atoms with van der Waals surface area (Å²) >= 11 is 6.42. The van der Waals surface area contributed by atoms with E-state index < -0.39 is 0 Å². The molecule has 3 rings (SSSR count). The Hall–Kier alpha value is -2.57. The Morgan fingerprint density at radius 3 is 2.55 bits per heavy atom. The Morgan fingerprint density at radius 1 is 1.10 bits per heavy atom. The molecule has 2 aromatic carbocycles. The first-order valence-corrected chi connectivity index (χ1v) is 11.2. The number of amides is 2. The van der Waals surface area contributed by atoms with Gasteiger partial charge in [-0.3, -0.25) is 14.5 Å². The van der Waals surface area contributed by atoms with Crippen LogP contribution in [-0.2, 0) is 9.59 Å². The van der Waals surface area contributed by atoms with Crippen LogP contribution < -0.4 is 15.0 Å². The third-order valence-corrected chi connectivity index (χ3v) is 5.95. The van der Waals surface area contributed by atoms with Crippen molar-refractivity contribution in [2.75, 3.05) is 37.7 Å². The van der Waals surface area contributed by atoms with E-state index in [9.17, 15) is 9.59 Å². The van der Waals surface area contributed by atoms with Gasteiger partial charge in [0.1, 0.15) is 12.4 Å². The lowest BCUT2D eigenvalue weighted by atomic mass is 10.0. The van der Waals surface area contributed by atoms with Crippen LogP contribution in [0.2, 0.25) is 5.02 Å². The molecule has 1 N–H and O–H groups in total. The fourth-order valence-corrected chi connectivity index (χ4v) is 4.19. The lowest BCUT2D eigenvalue weighted by molar-refractivity contribution is -0.125. The first-order chi connectivity index (χ1) is 15.0. The molecule has 0 fully saturated rings. The van der Waals surface area contributed by atoms with Crippen molar-refractivity contribution in [1.82, 2.24) is 10.2 Å². The molecule has 0 saturated carbocycles. The summed E-state index contributed by atoms with van der Waals surface area (Å²) in [5.74, 6) is 0.491. The van der Waals surface area contributed by atoms with Crippen LogP contribution in [0.4, 0.5) is 5.69 Å². The molecule has 0 bridgehead atoms. The van der Waals surface area contributed by atoms with E-state index in [0.29, 0.717) is 30.5 Å². The smallest absolute Gasteiger partial charge is 0.227 e. The highest BCUT2D eigenvalue weighted by atomic mass is 35.5. The second-order valence-electron chi connectivity index (χ2n) is 7.42. The SMILES string of the molecule is CCN(CC)C(CNC(=O)CCC(=O)N1CCOc2ccccc21)c1ccccc1Cl. The molecule has 2 aromatic rings. The second kappa shape index (κ2) is 11.2. The minimum absolute atomic E-state index is 0.0190. The number of hydrogen-bond donors (Lipinski definition) is 1. The van der Waals surface area contributed by atoms with Gasteiger partial charge >= 0.3 is 0 Å². The molecule has 0 aromatic heterocycles. The molecule has 1 aliphatic heterocycles. The van der Waals surface area contributed by atoms with E-state index in [0.717, 1.165) is 24.3 Å². The average Bonchev–Trinajstić information content (AvgIpc) is 2.80. The number of ether oxygens (including phenoxy) is 1. The van der Waals surface area contributed by atoms with Crippen LogP contribution in [0.25, 0.3) is 0 Å². The quantitative estimate of drug-likeness (QED) is 0.635. The molecule has 1 unspecified atom stereocenters. The van der Waals surface area contributed by atoms with Gasteiger partial charge in [0, 0.05) is 24.4 Å². The lowest BCUT2D eigenvalue weighted by Gasteiger charge is -2.31. The van der Waals surface area contributed by atoms with Crippen LogP contribution in [0.15, 0.2) is 48.5 Å². The molecule has 0 saturated heterocycles. The van der Waals surface area contributed by atoms with Gasteiger partial charge in [0.25, 0.3) is 0 Å². The zero-order valence-electron chi connectivity index (χ0n) is 18.1. The Balaban J connectivity index is 1.57. The lowest BCUT2D eigenvalue weighted by Crippen LogP contribution is -2.40. The number of likely N-dealkylation sites (N-methyl/N-ethyl adjacent to an activating group) is 1. The first-order valence-electron chi connectivity index (χ1n) is 10.8.